The molecule has 0 aliphatic carbocycles. The lowest BCUT2D eigenvalue weighted by molar-refractivity contribution is -0.147. The average molecular weight is 691 g/mol. The minimum absolute atomic E-state index is 0.133. The molecule has 4 rings (SSSR count). The predicted molar refractivity (Wildman–Crippen MR) is 190 cm³/mol. The molecule has 1 aliphatic heterocycles. The Morgan fingerprint density at radius 2 is 1.52 bits per heavy atom. The predicted octanol–water partition coefficient (Wildman–Crippen LogP) is 7.26. The van der Waals surface area contributed by atoms with Crippen LogP contribution in [-0.2, 0) is 23.9 Å². The number of carbonyl (C=O) groups excluding carboxylic acids is 4. The first-order valence-electron chi connectivity index (χ1n) is 17.8. The van der Waals surface area contributed by atoms with Gasteiger partial charge in [0.2, 0.25) is 0 Å². The highest BCUT2D eigenvalue weighted by Crippen LogP contribution is 2.36. The zero-order valence-corrected chi connectivity index (χ0v) is 29.9. The average Bonchev–Trinajstić information content (AvgIpc) is 3.34. The Morgan fingerprint density at radius 3 is 2.16 bits per heavy atom. The highest BCUT2D eigenvalue weighted by Gasteiger charge is 2.55. The molecule has 0 spiro atoms. The van der Waals surface area contributed by atoms with E-state index in [9.17, 15) is 24.0 Å². The van der Waals surface area contributed by atoms with Crippen LogP contribution < -0.4 is 15.6 Å². The van der Waals surface area contributed by atoms with E-state index in [1.54, 1.807) is 55.5 Å². The number of unbranched alkanes of at least 4 members (excludes halogenated alkanes) is 9. The van der Waals surface area contributed by atoms with Crippen molar-refractivity contribution < 1.29 is 33.4 Å². The number of methoxy groups -OCH3 is 1. The van der Waals surface area contributed by atoms with Gasteiger partial charge in [0, 0.05) is 0 Å². The third kappa shape index (κ3) is 8.70. The Kier molecular flexibility index (Phi) is 13.5. The molecule has 0 bridgehead atoms. The molecular weight excluding hydrogens is 640 g/mol. The highest BCUT2D eigenvalue weighted by atomic mass is 16.6. The molecule has 3 aromatic rings. The van der Waals surface area contributed by atoms with E-state index in [1.807, 2.05) is 0 Å². The Balaban J connectivity index is 1.65. The van der Waals surface area contributed by atoms with Crippen molar-refractivity contribution in [3.8, 4) is 5.75 Å². The molecule has 3 atom stereocenters. The largest absolute Gasteiger partial charge is 0.495 e. The van der Waals surface area contributed by atoms with E-state index in [0.717, 1.165) is 23.8 Å². The minimum Gasteiger partial charge on any atom is -0.495 e. The van der Waals surface area contributed by atoms with Gasteiger partial charge in [-0.25, -0.2) is 19.5 Å². The summed E-state index contributed by atoms with van der Waals surface area (Å²) in [6.45, 7) is 6.97. The molecule has 12 nitrogen and oxygen atoms in total. The fraction of sp³-hybridized carbons (Fsp3) is 0.526. The number of anilines is 1. The van der Waals surface area contributed by atoms with E-state index in [2.05, 4.69) is 17.2 Å². The van der Waals surface area contributed by atoms with Gasteiger partial charge in [0.15, 0.2) is 11.6 Å². The summed E-state index contributed by atoms with van der Waals surface area (Å²) in [4.78, 5) is 74.5. The molecule has 1 aromatic heterocycles. The van der Waals surface area contributed by atoms with E-state index < -0.39 is 47.1 Å². The third-order valence-electron chi connectivity index (χ3n) is 9.28. The summed E-state index contributed by atoms with van der Waals surface area (Å²) in [5, 5.41) is 2.91. The Hall–Kier alpha value is -4.74. The summed E-state index contributed by atoms with van der Waals surface area (Å²) < 4.78 is 17.5. The van der Waals surface area contributed by atoms with Crippen LogP contribution in [-0.4, -0.2) is 57.6 Å². The second kappa shape index (κ2) is 17.8. The second-order valence-corrected chi connectivity index (χ2v) is 12.9. The fourth-order valence-electron chi connectivity index (χ4n) is 6.09. The van der Waals surface area contributed by atoms with Gasteiger partial charge >= 0.3 is 12.1 Å². The van der Waals surface area contributed by atoms with Gasteiger partial charge in [-0.15, -0.1) is 0 Å². The zero-order chi connectivity index (χ0) is 36.3. The van der Waals surface area contributed by atoms with Crippen LogP contribution >= 0.6 is 0 Å². The molecular formula is C38H50N4O8. The molecule has 0 saturated carbocycles. The molecule has 1 saturated heterocycles. The van der Waals surface area contributed by atoms with Gasteiger partial charge < -0.3 is 19.5 Å². The maximum absolute atomic E-state index is 14.3. The van der Waals surface area contributed by atoms with Crippen molar-refractivity contribution in [1.82, 2.24) is 14.5 Å². The van der Waals surface area contributed by atoms with Crippen LogP contribution in [0.2, 0.25) is 0 Å². The summed E-state index contributed by atoms with van der Waals surface area (Å²) in [5.74, 6) is -2.34. The molecule has 3 amide bonds. The maximum Gasteiger partial charge on any atom is 0.418 e. The summed E-state index contributed by atoms with van der Waals surface area (Å²) >= 11 is 0. The first kappa shape index (κ1) is 38.1. The number of imide groups is 1. The summed E-state index contributed by atoms with van der Waals surface area (Å²) in [6, 6.07) is 10.00. The van der Waals surface area contributed by atoms with Gasteiger partial charge in [-0.1, -0.05) is 95.9 Å². The molecule has 1 N–H and O–H groups in total. The monoisotopic (exact) mass is 690 g/mol. The van der Waals surface area contributed by atoms with Crippen LogP contribution in [0, 0.1) is 0 Å². The molecule has 1 aliphatic rings. The maximum atomic E-state index is 14.3. The normalized spacial score (nSPS) is 17.0. The number of fused-ring (bicyclic) bond motifs is 1. The molecule has 0 radical (unpaired) electrons. The van der Waals surface area contributed by atoms with E-state index in [4.69, 9.17) is 14.2 Å². The minimum atomic E-state index is -1.80. The third-order valence-corrected chi connectivity index (χ3v) is 9.28. The lowest BCUT2D eigenvalue weighted by Gasteiger charge is -2.28. The SMILES string of the molecule is CCCCCCCCCCCCOC(=O)C(C)n1c(C(C(=O)Nc2ccccc2OC)N2C(=O)OC(C)(CC)C2=O)nc2ccccc2c1=O. The van der Waals surface area contributed by atoms with Crippen molar-refractivity contribution in [3.63, 3.8) is 0 Å². The number of hydrogen-bond donors (Lipinski definition) is 1. The standard InChI is InChI=1S/C38H50N4O8/c1-6-8-9-10-11-12-13-14-15-20-25-49-35(45)26(3)41-32(39-28-22-17-16-21-27(28)34(41)44)31(42-36(46)38(4,7-2)50-37(42)47)33(43)40-29-23-18-19-24-30(29)48-5/h16-19,21-24,26,31H,6-15,20,25H2,1-5H3,(H,40,43). The van der Waals surface area contributed by atoms with E-state index in [1.165, 1.54) is 59.5 Å². The van der Waals surface area contributed by atoms with Gasteiger partial charge in [-0.05, 0) is 51.0 Å². The van der Waals surface area contributed by atoms with Crippen molar-refractivity contribution in [2.45, 2.75) is 116 Å². The molecule has 12 heteroatoms. The highest BCUT2D eigenvalue weighted by molar-refractivity contribution is 6.08. The number of ether oxygens (including phenoxy) is 3. The first-order chi connectivity index (χ1) is 24.1. The smallest absolute Gasteiger partial charge is 0.418 e. The number of nitrogens with zero attached hydrogens (tertiary/aromatic N) is 3. The van der Waals surface area contributed by atoms with Gasteiger partial charge in [-0.2, -0.15) is 0 Å². The summed E-state index contributed by atoms with van der Waals surface area (Å²) in [5.41, 5.74) is -1.73. The topological polar surface area (TPSA) is 146 Å². The number of amides is 3. The number of carbonyl (C=O) groups is 4. The lowest BCUT2D eigenvalue weighted by atomic mass is 10.0. The molecule has 3 unspecified atom stereocenters. The molecule has 2 heterocycles. The van der Waals surface area contributed by atoms with Crippen LogP contribution in [0.4, 0.5) is 10.5 Å². The number of cyclic esters (lactones) is 1. The number of nitrogens with one attached hydrogen (secondary N) is 1. The Labute approximate surface area is 293 Å². The number of rotatable bonds is 19. The molecule has 270 valence electrons. The number of benzene rings is 2. The first-order valence-corrected chi connectivity index (χ1v) is 17.8. The Morgan fingerprint density at radius 1 is 0.900 bits per heavy atom. The van der Waals surface area contributed by atoms with Crippen molar-refractivity contribution in [1.29, 1.82) is 0 Å². The van der Waals surface area contributed by atoms with Gasteiger partial charge in [0.05, 0.1) is 30.3 Å². The quantitative estimate of drug-likeness (QED) is 0.101. The summed E-state index contributed by atoms with van der Waals surface area (Å²) in [6.07, 6.45) is 10.3. The molecule has 50 heavy (non-hydrogen) atoms. The summed E-state index contributed by atoms with van der Waals surface area (Å²) in [7, 11) is 1.43. The van der Waals surface area contributed by atoms with Crippen LogP contribution in [0.5, 0.6) is 5.75 Å². The number of para-hydroxylation sites is 3. The van der Waals surface area contributed by atoms with Crippen LogP contribution in [0.3, 0.4) is 0 Å². The van der Waals surface area contributed by atoms with Crippen LogP contribution in [0.1, 0.15) is 116 Å². The van der Waals surface area contributed by atoms with Crippen molar-refractivity contribution in [2.24, 2.45) is 0 Å². The second-order valence-electron chi connectivity index (χ2n) is 12.9. The molecule has 1 fully saturated rings. The van der Waals surface area contributed by atoms with Gasteiger partial charge in [-0.3, -0.25) is 19.0 Å². The van der Waals surface area contributed by atoms with E-state index in [-0.39, 0.29) is 35.4 Å². The number of hydrogen-bond acceptors (Lipinski definition) is 9. The van der Waals surface area contributed by atoms with Gasteiger partial charge in [0.1, 0.15) is 17.6 Å². The Bertz CT molecular complexity index is 1720. The lowest BCUT2D eigenvalue weighted by Crippen LogP contribution is -2.47. The van der Waals surface area contributed by atoms with E-state index in [0.29, 0.717) is 17.1 Å². The molecule has 2 aromatic carbocycles. The van der Waals surface area contributed by atoms with Crippen LogP contribution in [0.25, 0.3) is 10.9 Å². The van der Waals surface area contributed by atoms with E-state index >= 15 is 0 Å². The van der Waals surface area contributed by atoms with Gasteiger partial charge in [0.25, 0.3) is 17.4 Å². The fourth-order valence-corrected chi connectivity index (χ4v) is 6.09. The van der Waals surface area contributed by atoms with Crippen molar-refractivity contribution in [2.75, 3.05) is 19.0 Å². The van der Waals surface area contributed by atoms with Crippen molar-refractivity contribution >= 4 is 40.5 Å². The number of aromatic nitrogens is 2. The number of esters is 1. The van der Waals surface area contributed by atoms with Crippen LogP contribution in [0.15, 0.2) is 53.3 Å². The zero-order valence-electron chi connectivity index (χ0n) is 29.9. The van der Waals surface area contributed by atoms with Crippen molar-refractivity contribution in [3.05, 3.63) is 64.7 Å².